The molecule has 0 radical (unpaired) electrons. The fraction of sp³-hybridized carbons (Fsp3) is 0.364. The summed E-state index contributed by atoms with van der Waals surface area (Å²) in [5, 5.41) is 3.02. The van der Waals surface area contributed by atoms with Gasteiger partial charge in [0.1, 0.15) is 6.04 Å². The van der Waals surface area contributed by atoms with Crippen molar-refractivity contribution in [3.8, 4) is 0 Å². The van der Waals surface area contributed by atoms with Crippen LogP contribution in [0, 0.1) is 0 Å². The number of para-hydroxylation sites is 1. The van der Waals surface area contributed by atoms with Crippen LogP contribution in [0.4, 0.5) is 11.4 Å². The van der Waals surface area contributed by atoms with Crippen LogP contribution in [-0.2, 0) is 22.6 Å². The molecule has 2 aromatic carbocycles. The van der Waals surface area contributed by atoms with Crippen LogP contribution in [0.15, 0.2) is 48.5 Å². The molecule has 4 rings (SSSR count). The Morgan fingerprint density at radius 3 is 2.63 bits per heavy atom. The molecule has 27 heavy (non-hydrogen) atoms. The molecule has 140 valence electrons. The molecule has 2 aliphatic rings. The zero-order valence-corrected chi connectivity index (χ0v) is 15.6. The van der Waals surface area contributed by atoms with E-state index in [2.05, 4.69) is 16.3 Å². The summed E-state index contributed by atoms with van der Waals surface area (Å²) in [6, 6.07) is 15.3. The number of benzene rings is 2. The zero-order valence-electron chi connectivity index (χ0n) is 15.6. The van der Waals surface area contributed by atoms with E-state index in [1.807, 2.05) is 42.5 Å². The van der Waals surface area contributed by atoms with E-state index in [4.69, 9.17) is 0 Å². The molecule has 0 bridgehead atoms. The highest BCUT2D eigenvalue weighted by Crippen LogP contribution is 2.32. The second-order valence-electron chi connectivity index (χ2n) is 7.41. The Hall–Kier alpha value is -2.66. The van der Waals surface area contributed by atoms with Gasteiger partial charge in [-0.25, -0.2) is 0 Å². The first-order valence-corrected chi connectivity index (χ1v) is 9.62. The Bertz CT molecular complexity index is 858. The number of likely N-dealkylation sites (tertiary alicyclic amines) is 1. The summed E-state index contributed by atoms with van der Waals surface area (Å²) < 4.78 is 0. The highest BCUT2D eigenvalue weighted by Gasteiger charge is 2.36. The SMILES string of the molecule is CC(=O)N1c2ccccc2C[C@@H]1C(=O)Nc1cccc(CN2CCCC2)c1. The number of hydrogen-bond acceptors (Lipinski definition) is 3. The molecule has 2 aliphatic heterocycles. The molecular formula is C22H25N3O2. The van der Waals surface area contributed by atoms with Gasteiger partial charge in [-0.2, -0.15) is 0 Å². The van der Waals surface area contributed by atoms with Crippen LogP contribution < -0.4 is 10.2 Å². The van der Waals surface area contributed by atoms with Crippen molar-refractivity contribution < 1.29 is 9.59 Å². The maximum absolute atomic E-state index is 12.9. The number of rotatable bonds is 4. The van der Waals surface area contributed by atoms with Gasteiger partial charge in [-0.05, 0) is 55.3 Å². The van der Waals surface area contributed by atoms with E-state index in [-0.39, 0.29) is 11.8 Å². The monoisotopic (exact) mass is 363 g/mol. The molecule has 0 aliphatic carbocycles. The lowest BCUT2D eigenvalue weighted by molar-refractivity contribution is -0.122. The van der Waals surface area contributed by atoms with Gasteiger partial charge < -0.3 is 5.32 Å². The third kappa shape index (κ3) is 3.74. The predicted octanol–water partition coefficient (Wildman–Crippen LogP) is 3.20. The summed E-state index contributed by atoms with van der Waals surface area (Å²) in [4.78, 5) is 29.1. The van der Waals surface area contributed by atoms with Gasteiger partial charge in [0, 0.05) is 31.3 Å². The van der Waals surface area contributed by atoms with Crippen molar-refractivity contribution in [1.29, 1.82) is 0 Å². The minimum absolute atomic E-state index is 0.108. The van der Waals surface area contributed by atoms with E-state index in [1.165, 1.54) is 25.3 Å². The summed E-state index contributed by atoms with van der Waals surface area (Å²) in [6.45, 7) is 4.71. The van der Waals surface area contributed by atoms with Crippen molar-refractivity contribution in [2.45, 2.75) is 38.8 Å². The van der Waals surface area contributed by atoms with Gasteiger partial charge in [0.2, 0.25) is 11.8 Å². The maximum Gasteiger partial charge on any atom is 0.247 e. The topological polar surface area (TPSA) is 52.7 Å². The summed E-state index contributed by atoms with van der Waals surface area (Å²) >= 11 is 0. The van der Waals surface area contributed by atoms with Crippen LogP contribution in [0.5, 0.6) is 0 Å². The smallest absolute Gasteiger partial charge is 0.247 e. The van der Waals surface area contributed by atoms with Crippen LogP contribution in [0.25, 0.3) is 0 Å². The van der Waals surface area contributed by atoms with Gasteiger partial charge in [0.05, 0.1) is 0 Å². The van der Waals surface area contributed by atoms with Crippen LogP contribution in [0.2, 0.25) is 0 Å². The molecular weight excluding hydrogens is 338 g/mol. The first kappa shape index (κ1) is 17.7. The van der Waals surface area contributed by atoms with Crippen molar-refractivity contribution >= 4 is 23.2 Å². The summed E-state index contributed by atoms with van der Waals surface area (Å²) in [7, 11) is 0. The molecule has 0 aromatic heterocycles. The number of amides is 2. The Balaban J connectivity index is 1.48. The number of carbonyl (C=O) groups excluding carboxylic acids is 2. The van der Waals surface area contributed by atoms with Gasteiger partial charge in [-0.1, -0.05) is 30.3 Å². The number of anilines is 2. The molecule has 1 atom stereocenters. The molecule has 5 nitrogen and oxygen atoms in total. The fourth-order valence-corrected chi connectivity index (χ4v) is 4.16. The number of nitrogens with one attached hydrogen (secondary N) is 1. The van der Waals surface area contributed by atoms with E-state index < -0.39 is 6.04 Å². The summed E-state index contributed by atoms with van der Waals surface area (Å²) in [6.07, 6.45) is 3.08. The lowest BCUT2D eigenvalue weighted by atomic mass is 10.1. The molecule has 5 heteroatoms. The number of fused-ring (bicyclic) bond motifs is 1. The molecule has 2 aromatic rings. The van der Waals surface area contributed by atoms with Crippen LogP contribution in [-0.4, -0.2) is 35.8 Å². The van der Waals surface area contributed by atoms with Gasteiger partial charge in [-0.15, -0.1) is 0 Å². The van der Waals surface area contributed by atoms with Gasteiger partial charge in [0.15, 0.2) is 0 Å². The third-order valence-corrected chi connectivity index (χ3v) is 5.42. The van der Waals surface area contributed by atoms with E-state index >= 15 is 0 Å². The van der Waals surface area contributed by atoms with E-state index in [0.717, 1.165) is 36.6 Å². The number of nitrogens with zero attached hydrogens (tertiary/aromatic N) is 2. The zero-order chi connectivity index (χ0) is 18.8. The van der Waals surface area contributed by atoms with E-state index in [1.54, 1.807) is 4.90 Å². The third-order valence-electron chi connectivity index (χ3n) is 5.42. The average molecular weight is 363 g/mol. The number of hydrogen-bond donors (Lipinski definition) is 1. The quantitative estimate of drug-likeness (QED) is 0.908. The highest BCUT2D eigenvalue weighted by molar-refractivity contribution is 6.06. The van der Waals surface area contributed by atoms with Gasteiger partial charge in [-0.3, -0.25) is 19.4 Å². The van der Waals surface area contributed by atoms with Crippen LogP contribution >= 0.6 is 0 Å². The standard InChI is InChI=1S/C22H25N3O2/c1-16(26)25-20-10-3-2-8-18(20)14-21(25)22(27)23-19-9-6-7-17(13-19)15-24-11-4-5-12-24/h2-3,6-10,13,21H,4-5,11-12,14-15H2,1H3,(H,23,27)/t21-/m1/s1. The second-order valence-corrected chi connectivity index (χ2v) is 7.41. The van der Waals surface area contributed by atoms with E-state index in [9.17, 15) is 9.59 Å². The number of carbonyl (C=O) groups is 2. The first-order chi connectivity index (χ1) is 13.1. The normalized spacial score (nSPS) is 19.1. The Morgan fingerprint density at radius 2 is 1.85 bits per heavy atom. The lowest BCUT2D eigenvalue weighted by Gasteiger charge is -2.23. The first-order valence-electron chi connectivity index (χ1n) is 9.62. The average Bonchev–Trinajstić information content (AvgIpc) is 3.29. The van der Waals surface area contributed by atoms with Crippen molar-refractivity contribution in [3.05, 3.63) is 59.7 Å². The fourth-order valence-electron chi connectivity index (χ4n) is 4.16. The van der Waals surface area contributed by atoms with Crippen LogP contribution in [0.3, 0.4) is 0 Å². The molecule has 2 heterocycles. The molecule has 1 N–H and O–H groups in total. The summed E-state index contributed by atoms with van der Waals surface area (Å²) in [5.41, 5.74) is 3.87. The molecule has 0 saturated carbocycles. The Kier molecular flexibility index (Phi) is 4.94. The van der Waals surface area contributed by atoms with Crippen molar-refractivity contribution in [2.24, 2.45) is 0 Å². The molecule has 1 saturated heterocycles. The van der Waals surface area contributed by atoms with Gasteiger partial charge >= 0.3 is 0 Å². The largest absolute Gasteiger partial charge is 0.324 e. The predicted molar refractivity (Wildman–Crippen MR) is 107 cm³/mol. The Morgan fingerprint density at radius 1 is 1.07 bits per heavy atom. The lowest BCUT2D eigenvalue weighted by Crippen LogP contribution is -2.44. The van der Waals surface area contributed by atoms with Gasteiger partial charge in [0.25, 0.3) is 0 Å². The van der Waals surface area contributed by atoms with Crippen LogP contribution in [0.1, 0.15) is 30.9 Å². The highest BCUT2D eigenvalue weighted by atomic mass is 16.2. The minimum atomic E-state index is -0.498. The maximum atomic E-state index is 12.9. The minimum Gasteiger partial charge on any atom is -0.324 e. The molecule has 1 fully saturated rings. The van der Waals surface area contributed by atoms with Crippen molar-refractivity contribution in [1.82, 2.24) is 4.90 Å². The molecule has 0 spiro atoms. The second kappa shape index (κ2) is 7.53. The Labute approximate surface area is 160 Å². The van der Waals surface area contributed by atoms with Crippen molar-refractivity contribution in [2.75, 3.05) is 23.3 Å². The van der Waals surface area contributed by atoms with E-state index in [0.29, 0.717) is 6.42 Å². The molecule has 0 unspecified atom stereocenters. The molecule has 2 amide bonds. The van der Waals surface area contributed by atoms with Crippen molar-refractivity contribution in [3.63, 3.8) is 0 Å². The summed E-state index contributed by atoms with van der Waals surface area (Å²) in [5.74, 6) is -0.248.